The molecule has 0 spiro atoms. The maximum absolute atomic E-state index is 6.00. The molecule has 3 N–H and O–H groups in total. The first-order valence-corrected chi connectivity index (χ1v) is 7.27. The van der Waals surface area contributed by atoms with E-state index in [1.165, 1.54) is 24.0 Å². The Labute approximate surface area is 145 Å². The molecule has 0 heterocycles. The van der Waals surface area contributed by atoms with E-state index in [0.717, 1.165) is 18.2 Å². The standard InChI is InChI=1S/C16H26N4.HI/c1-11-7-12(2)9-14(8-11)19-16(17)18-10-15(20(3)4)13-5-6-13;/h7-9,13,15H,5-6,10H2,1-4H3,(H3,17,18,19);1H. The van der Waals surface area contributed by atoms with Crippen molar-refractivity contribution in [3.63, 3.8) is 0 Å². The number of aryl methyl sites for hydroxylation is 2. The number of guanidine groups is 1. The van der Waals surface area contributed by atoms with Crippen LogP contribution in [0.15, 0.2) is 23.2 Å². The van der Waals surface area contributed by atoms with Crippen molar-refractivity contribution in [3.05, 3.63) is 29.3 Å². The average molecular weight is 402 g/mol. The Kier molecular flexibility index (Phi) is 6.93. The second-order valence-electron chi connectivity index (χ2n) is 6.10. The van der Waals surface area contributed by atoms with Gasteiger partial charge < -0.3 is 16.0 Å². The fraction of sp³-hybridized carbons (Fsp3) is 0.562. The van der Waals surface area contributed by atoms with Gasteiger partial charge in [-0.25, -0.2) is 0 Å². The Hall–Kier alpha value is -0.820. The highest BCUT2D eigenvalue weighted by molar-refractivity contribution is 14.0. The van der Waals surface area contributed by atoms with Crippen LogP contribution in [-0.2, 0) is 0 Å². The quantitative estimate of drug-likeness (QED) is 0.452. The van der Waals surface area contributed by atoms with E-state index in [2.05, 4.69) is 61.4 Å². The summed E-state index contributed by atoms with van der Waals surface area (Å²) >= 11 is 0. The number of rotatable bonds is 5. The Bertz CT molecular complexity index is 473. The fourth-order valence-electron chi connectivity index (χ4n) is 2.64. The molecule has 1 aromatic carbocycles. The minimum Gasteiger partial charge on any atom is -0.370 e. The number of nitrogens with one attached hydrogen (secondary N) is 1. The average Bonchev–Trinajstić information content (AvgIpc) is 3.11. The summed E-state index contributed by atoms with van der Waals surface area (Å²) < 4.78 is 0. The van der Waals surface area contributed by atoms with Crippen molar-refractivity contribution in [2.45, 2.75) is 32.7 Å². The predicted molar refractivity (Wildman–Crippen MR) is 102 cm³/mol. The zero-order valence-electron chi connectivity index (χ0n) is 13.4. The Balaban J connectivity index is 0.00000220. The molecule has 1 saturated carbocycles. The first kappa shape index (κ1) is 18.2. The van der Waals surface area contributed by atoms with Gasteiger partial charge in [0, 0.05) is 11.7 Å². The minimum absolute atomic E-state index is 0. The maximum atomic E-state index is 6.00. The lowest BCUT2D eigenvalue weighted by Crippen LogP contribution is -2.34. The summed E-state index contributed by atoms with van der Waals surface area (Å²) in [5.41, 5.74) is 9.46. The van der Waals surface area contributed by atoms with Crippen LogP contribution in [0.4, 0.5) is 5.69 Å². The molecule has 1 atom stereocenters. The lowest BCUT2D eigenvalue weighted by Gasteiger charge is -2.22. The molecule has 21 heavy (non-hydrogen) atoms. The SMILES string of the molecule is Cc1cc(C)cc(NC(N)=NCC(C2CC2)N(C)C)c1.I. The number of likely N-dealkylation sites (N-methyl/N-ethyl adjacent to an activating group) is 1. The van der Waals surface area contributed by atoms with Crippen LogP contribution in [0, 0.1) is 19.8 Å². The van der Waals surface area contributed by atoms with E-state index in [1.54, 1.807) is 0 Å². The van der Waals surface area contributed by atoms with Crippen LogP contribution >= 0.6 is 24.0 Å². The summed E-state index contributed by atoms with van der Waals surface area (Å²) in [5, 5.41) is 3.19. The van der Waals surface area contributed by atoms with Gasteiger partial charge in [-0.15, -0.1) is 24.0 Å². The third kappa shape index (κ3) is 5.82. The zero-order chi connectivity index (χ0) is 14.7. The number of hydrogen-bond acceptors (Lipinski definition) is 2. The van der Waals surface area contributed by atoms with Gasteiger partial charge in [-0.2, -0.15) is 0 Å². The molecule has 0 bridgehead atoms. The van der Waals surface area contributed by atoms with Gasteiger partial charge in [0.1, 0.15) is 0 Å². The maximum Gasteiger partial charge on any atom is 0.193 e. The van der Waals surface area contributed by atoms with Crippen LogP contribution in [0.1, 0.15) is 24.0 Å². The molecule has 0 amide bonds. The highest BCUT2D eigenvalue weighted by Crippen LogP contribution is 2.34. The molecule has 5 heteroatoms. The molecule has 1 unspecified atom stereocenters. The molecule has 1 aliphatic rings. The molecular formula is C16H27IN4. The number of anilines is 1. The van der Waals surface area contributed by atoms with Crippen molar-refractivity contribution >= 4 is 35.6 Å². The summed E-state index contributed by atoms with van der Waals surface area (Å²) in [6.45, 7) is 4.93. The van der Waals surface area contributed by atoms with Gasteiger partial charge in [0.15, 0.2) is 5.96 Å². The molecule has 1 aromatic rings. The number of nitrogens with two attached hydrogens (primary N) is 1. The number of aliphatic imine (C=N–C) groups is 1. The van der Waals surface area contributed by atoms with Gasteiger partial charge in [0.25, 0.3) is 0 Å². The fourth-order valence-corrected chi connectivity index (χ4v) is 2.64. The largest absolute Gasteiger partial charge is 0.370 e. The van der Waals surface area contributed by atoms with E-state index < -0.39 is 0 Å². The van der Waals surface area contributed by atoms with E-state index in [4.69, 9.17) is 5.73 Å². The Morgan fingerprint density at radius 1 is 1.29 bits per heavy atom. The molecule has 1 aliphatic carbocycles. The molecule has 118 valence electrons. The number of benzene rings is 1. The van der Waals surface area contributed by atoms with Crippen molar-refractivity contribution in [2.24, 2.45) is 16.6 Å². The van der Waals surface area contributed by atoms with E-state index in [0.29, 0.717) is 12.0 Å². The number of hydrogen-bond donors (Lipinski definition) is 2. The lowest BCUT2D eigenvalue weighted by molar-refractivity contribution is 0.271. The molecule has 4 nitrogen and oxygen atoms in total. The molecule has 0 aromatic heterocycles. The molecule has 0 saturated heterocycles. The van der Waals surface area contributed by atoms with Gasteiger partial charge in [-0.1, -0.05) is 6.07 Å². The monoisotopic (exact) mass is 402 g/mol. The summed E-state index contributed by atoms with van der Waals surface area (Å²) in [4.78, 5) is 6.76. The minimum atomic E-state index is 0. The van der Waals surface area contributed by atoms with Crippen molar-refractivity contribution in [3.8, 4) is 0 Å². The van der Waals surface area contributed by atoms with Crippen molar-refractivity contribution < 1.29 is 0 Å². The highest BCUT2D eigenvalue weighted by atomic mass is 127. The lowest BCUT2D eigenvalue weighted by atomic mass is 10.1. The van der Waals surface area contributed by atoms with Crippen molar-refractivity contribution in [1.29, 1.82) is 0 Å². The summed E-state index contributed by atoms with van der Waals surface area (Å²) in [6, 6.07) is 6.82. The van der Waals surface area contributed by atoms with Crippen LogP contribution in [-0.4, -0.2) is 37.5 Å². The normalized spacial score (nSPS) is 16.5. The van der Waals surface area contributed by atoms with Gasteiger partial charge >= 0.3 is 0 Å². The van der Waals surface area contributed by atoms with E-state index in [9.17, 15) is 0 Å². The highest BCUT2D eigenvalue weighted by Gasteiger charge is 2.32. The summed E-state index contributed by atoms with van der Waals surface area (Å²) in [7, 11) is 4.23. The van der Waals surface area contributed by atoms with Crippen LogP contribution in [0.5, 0.6) is 0 Å². The van der Waals surface area contributed by atoms with E-state index in [-0.39, 0.29) is 24.0 Å². The summed E-state index contributed by atoms with van der Waals surface area (Å²) in [6.07, 6.45) is 2.64. The second kappa shape index (κ2) is 7.98. The van der Waals surface area contributed by atoms with E-state index >= 15 is 0 Å². The number of halogens is 1. The van der Waals surface area contributed by atoms with Gasteiger partial charge in [-0.05, 0) is 70.0 Å². The van der Waals surface area contributed by atoms with Crippen molar-refractivity contribution in [1.82, 2.24) is 4.90 Å². The third-order valence-corrected chi connectivity index (χ3v) is 3.77. The molecular weight excluding hydrogens is 375 g/mol. The smallest absolute Gasteiger partial charge is 0.193 e. The molecule has 0 aliphatic heterocycles. The molecule has 2 rings (SSSR count). The summed E-state index contributed by atoms with van der Waals surface area (Å²) in [5.74, 6) is 1.30. The third-order valence-electron chi connectivity index (χ3n) is 3.77. The van der Waals surface area contributed by atoms with Crippen LogP contribution < -0.4 is 11.1 Å². The second-order valence-corrected chi connectivity index (χ2v) is 6.10. The van der Waals surface area contributed by atoms with Gasteiger partial charge in [0.2, 0.25) is 0 Å². The Morgan fingerprint density at radius 2 is 1.86 bits per heavy atom. The topological polar surface area (TPSA) is 53.6 Å². The van der Waals surface area contributed by atoms with Gasteiger partial charge in [0.05, 0.1) is 6.54 Å². The van der Waals surface area contributed by atoms with E-state index in [1.807, 2.05) is 0 Å². The first-order chi connectivity index (χ1) is 9.45. The number of nitrogens with zero attached hydrogens (tertiary/aromatic N) is 2. The zero-order valence-corrected chi connectivity index (χ0v) is 15.7. The predicted octanol–water partition coefficient (Wildman–Crippen LogP) is 2.99. The van der Waals surface area contributed by atoms with Crippen LogP contribution in [0.3, 0.4) is 0 Å². The van der Waals surface area contributed by atoms with Crippen LogP contribution in [0.2, 0.25) is 0 Å². The Morgan fingerprint density at radius 3 is 2.33 bits per heavy atom. The van der Waals surface area contributed by atoms with Gasteiger partial charge in [-0.3, -0.25) is 4.99 Å². The van der Waals surface area contributed by atoms with Crippen LogP contribution in [0.25, 0.3) is 0 Å². The molecule has 1 fully saturated rings. The molecule has 0 radical (unpaired) electrons. The first-order valence-electron chi connectivity index (χ1n) is 7.27. The van der Waals surface area contributed by atoms with Crippen molar-refractivity contribution in [2.75, 3.05) is 26.0 Å².